The first kappa shape index (κ1) is 18.2. The van der Waals surface area contributed by atoms with E-state index in [1.54, 1.807) is 28.0 Å². The number of halogens is 1. The van der Waals surface area contributed by atoms with Crippen LogP contribution in [0.1, 0.15) is 10.7 Å². The van der Waals surface area contributed by atoms with Gasteiger partial charge in [0, 0.05) is 21.3 Å². The second-order valence-corrected chi connectivity index (χ2v) is 8.48. The Labute approximate surface area is 162 Å². The summed E-state index contributed by atoms with van der Waals surface area (Å²) in [6.07, 6.45) is 0. The molecule has 1 unspecified atom stereocenters. The van der Waals surface area contributed by atoms with Gasteiger partial charge in [0.05, 0.1) is 23.1 Å². The number of aromatic nitrogens is 1. The standard InChI is InChI=1S/C16H17BrN4O2S2/c1-10-19-13(7-25-10)6-18-15(22)14-8-24-9-21(14)16(23)20-12-4-2-3-11(17)5-12/h2-5,7,14H,6,8-9H2,1H3,(H,18,22)(H,20,23). The molecular formula is C16H17BrN4O2S2. The Bertz CT molecular complexity index is 783. The first-order chi connectivity index (χ1) is 12.0. The average molecular weight is 441 g/mol. The highest BCUT2D eigenvalue weighted by atomic mass is 79.9. The average Bonchev–Trinajstić information content (AvgIpc) is 3.21. The summed E-state index contributed by atoms with van der Waals surface area (Å²) in [6, 6.07) is 6.62. The van der Waals surface area contributed by atoms with Crippen LogP contribution in [0.5, 0.6) is 0 Å². The minimum atomic E-state index is -0.475. The maximum absolute atomic E-state index is 12.5. The maximum atomic E-state index is 12.5. The van der Waals surface area contributed by atoms with Crippen LogP contribution in [0, 0.1) is 6.92 Å². The van der Waals surface area contributed by atoms with Crippen LogP contribution in [-0.2, 0) is 11.3 Å². The molecule has 25 heavy (non-hydrogen) atoms. The predicted molar refractivity (Wildman–Crippen MR) is 105 cm³/mol. The number of benzene rings is 1. The minimum Gasteiger partial charge on any atom is -0.349 e. The molecule has 6 nitrogen and oxygen atoms in total. The van der Waals surface area contributed by atoms with Crippen LogP contribution < -0.4 is 10.6 Å². The van der Waals surface area contributed by atoms with Crippen LogP contribution in [0.2, 0.25) is 0 Å². The number of amides is 3. The van der Waals surface area contributed by atoms with Crippen molar-refractivity contribution in [1.29, 1.82) is 0 Å². The highest BCUT2D eigenvalue weighted by Gasteiger charge is 2.34. The minimum absolute atomic E-state index is 0.153. The largest absolute Gasteiger partial charge is 0.349 e. The number of thioether (sulfide) groups is 1. The van der Waals surface area contributed by atoms with Crippen molar-refractivity contribution in [2.24, 2.45) is 0 Å². The third-order valence-corrected chi connectivity index (χ3v) is 5.96. The molecule has 0 spiro atoms. The van der Waals surface area contributed by atoms with E-state index in [0.717, 1.165) is 15.2 Å². The Hall–Kier alpha value is -1.58. The molecular weight excluding hydrogens is 424 g/mol. The number of urea groups is 1. The quantitative estimate of drug-likeness (QED) is 0.763. The van der Waals surface area contributed by atoms with Crippen LogP contribution in [0.25, 0.3) is 0 Å². The third kappa shape index (κ3) is 4.74. The zero-order chi connectivity index (χ0) is 17.8. The van der Waals surface area contributed by atoms with Gasteiger partial charge in [-0.15, -0.1) is 23.1 Å². The second kappa shape index (κ2) is 8.20. The van der Waals surface area contributed by atoms with Crippen molar-refractivity contribution in [3.63, 3.8) is 0 Å². The molecule has 1 aromatic heterocycles. The van der Waals surface area contributed by atoms with E-state index in [0.29, 0.717) is 23.9 Å². The molecule has 2 N–H and O–H groups in total. The number of nitrogens with one attached hydrogen (secondary N) is 2. The molecule has 9 heteroatoms. The van der Waals surface area contributed by atoms with Gasteiger partial charge in [0.15, 0.2) is 0 Å². The number of anilines is 1. The van der Waals surface area contributed by atoms with Crippen LogP contribution in [-0.4, -0.2) is 39.5 Å². The van der Waals surface area contributed by atoms with E-state index in [1.165, 1.54) is 0 Å². The SMILES string of the molecule is Cc1nc(CNC(=O)C2CSCN2C(=O)Nc2cccc(Br)c2)cs1. The molecule has 1 saturated heterocycles. The molecule has 0 saturated carbocycles. The van der Waals surface area contributed by atoms with Crippen LogP contribution in [0.15, 0.2) is 34.1 Å². The summed E-state index contributed by atoms with van der Waals surface area (Å²) < 4.78 is 0.883. The molecule has 3 amide bonds. The monoisotopic (exact) mass is 440 g/mol. The van der Waals surface area contributed by atoms with Crippen LogP contribution in [0.4, 0.5) is 10.5 Å². The smallest absolute Gasteiger partial charge is 0.323 e. The van der Waals surface area contributed by atoms with Crippen molar-refractivity contribution in [3.05, 3.63) is 44.8 Å². The van der Waals surface area contributed by atoms with Crippen molar-refractivity contribution >= 4 is 56.7 Å². The molecule has 132 valence electrons. The van der Waals surface area contributed by atoms with Crippen molar-refractivity contribution in [2.75, 3.05) is 16.9 Å². The number of carbonyl (C=O) groups excluding carboxylic acids is 2. The summed E-state index contributed by atoms with van der Waals surface area (Å²) in [7, 11) is 0. The fraction of sp³-hybridized carbons (Fsp3) is 0.312. The molecule has 1 aromatic carbocycles. The van der Waals surface area contributed by atoms with E-state index < -0.39 is 6.04 Å². The van der Waals surface area contributed by atoms with E-state index in [2.05, 4.69) is 31.5 Å². The number of hydrogen-bond acceptors (Lipinski definition) is 5. The molecule has 2 aromatic rings. The Morgan fingerprint density at radius 3 is 3.00 bits per heavy atom. The van der Waals surface area contributed by atoms with Crippen molar-refractivity contribution < 1.29 is 9.59 Å². The Balaban J connectivity index is 1.59. The number of rotatable bonds is 4. The van der Waals surface area contributed by atoms with Crippen LogP contribution in [0.3, 0.4) is 0 Å². The van der Waals surface area contributed by atoms with Gasteiger partial charge in [-0.3, -0.25) is 4.79 Å². The molecule has 0 aliphatic carbocycles. The highest BCUT2D eigenvalue weighted by Crippen LogP contribution is 2.23. The number of carbonyl (C=O) groups is 2. The molecule has 0 radical (unpaired) electrons. The van der Waals surface area contributed by atoms with Gasteiger partial charge in [0.2, 0.25) is 5.91 Å². The van der Waals surface area contributed by atoms with Gasteiger partial charge < -0.3 is 15.5 Å². The Kier molecular flexibility index (Phi) is 5.98. The maximum Gasteiger partial charge on any atom is 0.323 e. The van der Waals surface area contributed by atoms with Gasteiger partial charge in [-0.25, -0.2) is 9.78 Å². The summed E-state index contributed by atoms with van der Waals surface area (Å²) in [5, 5.41) is 8.61. The predicted octanol–water partition coefficient (Wildman–Crippen LogP) is 3.44. The summed E-state index contributed by atoms with van der Waals surface area (Å²) in [4.78, 5) is 30.9. The topological polar surface area (TPSA) is 74.3 Å². The number of thiazole rings is 1. The lowest BCUT2D eigenvalue weighted by molar-refractivity contribution is -0.124. The van der Waals surface area contributed by atoms with E-state index >= 15 is 0 Å². The normalized spacial score (nSPS) is 16.7. The molecule has 1 aliphatic heterocycles. The zero-order valence-corrected chi connectivity index (χ0v) is 16.7. The summed E-state index contributed by atoms with van der Waals surface area (Å²) in [5.74, 6) is 0.932. The highest BCUT2D eigenvalue weighted by molar-refractivity contribution is 9.10. The first-order valence-electron chi connectivity index (χ1n) is 7.62. The van der Waals surface area contributed by atoms with Gasteiger partial charge >= 0.3 is 6.03 Å². The van der Waals surface area contributed by atoms with Crippen LogP contribution >= 0.6 is 39.0 Å². The zero-order valence-electron chi connectivity index (χ0n) is 13.5. The molecule has 2 heterocycles. The lowest BCUT2D eigenvalue weighted by atomic mass is 10.2. The van der Waals surface area contributed by atoms with Gasteiger partial charge in [-0.2, -0.15) is 0 Å². The van der Waals surface area contributed by atoms with Gasteiger partial charge in [-0.1, -0.05) is 22.0 Å². The summed E-state index contributed by atoms with van der Waals surface area (Å²) in [6.45, 7) is 2.31. The number of nitrogens with zero attached hydrogens (tertiary/aromatic N) is 2. The Morgan fingerprint density at radius 1 is 1.44 bits per heavy atom. The van der Waals surface area contributed by atoms with Crippen molar-refractivity contribution in [2.45, 2.75) is 19.5 Å². The van der Waals surface area contributed by atoms with E-state index in [9.17, 15) is 9.59 Å². The Morgan fingerprint density at radius 2 is 2.28 bits per heavy atom. The van der Waals surface area contributed by atoms with Crippen molar-refractivity contribution in [1.82, 2.24) is 15.2 Å². The van der Waals surface area contributed by atoms with Gasteiger partial charge in [0.1, 0.15) is 6.04 Å². The number of aryl methyl sites for hydroxylation is 1. The third-order valence-electron chi connectivity index (χ3n) is 3.63. The van der Waals surface area contributed by atoms with Gasteiger partial charge in [-0.05, 0) is 25.1 Å². The fourth-order valence-corrected chi connectivity index (χ4v) is 4.57. The molecule has 1 aliphatic rings. The molecule has 1 atom stereocenters. The van der Waals surface area contributed by atoms with E-state index in [-0.39, 0.29) is 11.9 Å². The molecule has 0 bridgehead atoms. The number of hydrogen-bond donors (Lipinski definition) is 2. The van der Waals surface area contributed by atoms with E-state index in [1.807, 2.05) is 36.6 Å². The first-order valence-corrected chi connectivity index (χ1v) is 10.5. The fourth-order valence-electron chi connectivity index (χ4n) is 2.41. The molecule has 1 fully saturated rings. The summed E-state index contributed by atoms with van der Waals surface area (Å²) in [5.41, 5.74) is 1.53. The van der Waals surface area contributed by atoms with Crippen molar-refractivity contribution in [3.8, 4) is 0 Å². The lowest BCUT2D eigenvalue weighted by Gasteiger charge is -2.23. The summed E-state index contributed by atoms with van der Waals surface area (Å²) >= 11 is 6.50. The van der Waals surface area contributed by atoms with Gasteiger partial charge in [0.25, 0.3) is 0 Å². The lowest BCUT2D eigenvalue weighted by Crippen LogP contribution is -2.48. The molecule has 3 rings (SSSR count). The van der Waals surface area contributed by atoms with E-state index in [4.69, 9.17) is 0 Å². The second-order valence-electron chi connectivity index (χ2n) is 5.50.